The fraction of sp³-hybridized carbons (Fsp3) is 0.267. The van der Waals surface area contributed by atoms with E-state index in [1.54, 1.807) is 24.8 Å². The second-order valence-electron chi connectivity index (χ2n) is 4.53. The van der Waals surface area contributed by atoms with Crippen LogP contribution in [-0.2, 0) is 0 Å². The van der Waals surface area contributed by atoms with Crippen LogP contribution in [-0.4, -0.2) is 28.5 Å². The molecule has 0 bridgehead atoms. The van der Waals surface area contributed by atoms with E-state index in [9.17, 15) is 9.59 Å². The molecule has 0 radical (unpaired) electrons. The standard InChI is InChI=1S/C15H16N2O3/c1-9-14(10(2)18)15(11(3)19)16-17(9)12-6-5-7-13(8-12)20-4/h5-8H,1-4H3. The first kappa shape index (κ1) is 14.0. The van der Waals surface area contributed by atoms with Crippen molar-refractivity contribution in [1.82, 2.24) is 9.78 Å². The van der Waals surface area contributed by atoms with E-state index in [1.165, 1.54) is 13.8 Å². The summed E-state index contributed by atoms with van der Waals surface area (Å²) in [5.74, 6) is 0.299. The maximum absolute atomic E-state index is 11.7. The molecule has 1 aromatic heterocycles. The Labute approximate surface area is 117 Å². The summed E-state index contributed by atoms with van der Waals surface area (Å²) in [5.41, 5.74) is 1.98. The minimum atomic E-state index is -0.222. The van der Waals surface area contributed by atoms with Crippen LogP contribution in [0.25, 0.3) is 5.69 Å². The van der Waals surface area contributed by atoms with Crippen LogP contribution < -0.4 is 4.74 Å². The topological polar surface area (TPSA) is 61.2 Å². The molecule has 0 aliphatic carbocycles. The quantitative estimate of drug-likeness (QED) is 0.803. The van der Waals surface area contributed by atoms with Gasteiger partial charge in [-0.2, -0.15) is 5.10 Å². The molecule has 0 aliphatic rings. The summed E-state index contributed by atoms with van der Waals surface area (Å²) in [5, 5.41) is 4.27. The molecule has 0 saturated heterocycles. The summed E-state index contributed by atoms with van der Waals surface area (Å²) < 4.78 is 6.77. The van der Waals surface area contributed by atoms with Gasteiger partial charge < -0.3 is 4.74 Å². The van der Waals surface area contributed by atoms with Gasteiger partial charge in [0.05, 0.1) is 24.1 Å². The first-order valence-electron chi connectivity index (χ1n) is 6.21. The van der Waals surface area contributed by atoms with Crippen molar-refractivity contribution in [3.8, 4) is 11.4 Å². The van der Waals surface area contributed by atoms with E-state index in [4.69, 9.17) is 4.74 Å². The van der Waals surface area contributed by atoms with Gasteiger partial charge in [-0.05, 0) is 26.0 Å². The maximum Gasteiger partial charge on any atom is 0.180 e. The lowest BCUT2D eigenvalue weighted by atomic mass is 10.1. The van der Waals surface area contributed by atoms with E-state index < -0.39 is 0 Å². The number of Topliss-reactive ketones (excluding diaryl/α,β-unsaturated/α-hetero) is 2. The first-order valence-corrected chi connectivity index (χ1v) is 6.21. The monoisotopic (exact) mass is 272 g/mol. The number of hydrogen-bond donors (Lipinski definition) is 0. The van der Waals surface area contributed by atoms with Crippen LogP contribution in [0.4, 0.5) is 0 Å². The highest BCUT2D eigenvalue weighted by molar-refractivity contribution is 6.06. The molecule has 5 heteroatoms. The minimum absolute atomic E-state index is 0.165. The number of ketones is 2. The molecular formula is C15H16N2O3. The number of rotatable bonds is 4. The third-order valence-electron chi connectivity index (χ3n) is 3.10. The van der Waals surface area contributed by atoms with Crippen molar-refractivity contribution in [1.29, 1.82) is 0 Å². The predicted molar refractivity (Wildman–Crippen MR) is 74.9 cm³/mol. The zero-order valence-electron chi connectivity index (χ0n) is 11.9. The smallest absolute Gasteiger partial charge is 0.180 e. The van der Waals surface area contributed by atoms with Gasteiger partial charge in [0.25, 0.3) is 0 Å². The Bertz CT molecular complexity index is 686. The summed E-state index contributed by atoms with van der Waals surface area (Å²) in [6.45, 7) is 4.62. The van der Waals surface area contributed by atoms with Gasteiger partial charge in [0.1, 0.15) is 11.4 Å². The highest BCUT2D eigenvalue weighted by Crippen LogP contribution is 2.22. The Kier molecular flexibility index (Phi) is 3.70. The van der Waals surface area contributed by atoms with Gasteiger partial charge in [-0.15, -0.1) is 0 Å². The molecule has 20 heavy (non-hydrogen) atoms. The number of carbonyl (C=O) groups excluding carboxylic acids is 2. The predicted octanol–water partition coefficient (Wildman–Crippen LogP) is 2.59. The van der Waals surface area contributed by atoms with Crippen molar-refractivity contribution in [2.75, 3.05) is 7.11 Å². The summed E-state index contributed by atoms with van der Waals surface area (Å²) in [7, 11) is 1.58. The number of benzene rings is 1. The van der Waals surface area contributed by atoms with E-state index in [0.717, 1.165) is 5.69 Å². The highest BCUT2D eigenvalue weighted by atomic mass is 16.5. The van der Waals surface area contributed by atoms with Crippen LogP contribution >= 0.6 is 0 Å². The normalized spacial score (nSPS) is 10.4. The molecule has 0 fully saturated rings. The van der Waals surface area contributed by atoms with Crippen molar-refractivity contribution in [2.24, 2.45) is 0 Å². The summed E-state index contributed by atoms with van der Waals surface area (Å²) >= 11 is 0. The first-order chi connectivity index (χ1) is 9.45. The zero-order valence-corrected chi connectivity index (χ0v) is 11.9. The van der Waals surface area contributed by atoms with Crippen LogP contribution in [0.3, 0.4) is 0 Å². The minimum Gasteiger partial charge on any atom is -0.497 e. The number of methoxy groups -OCH3 is 1. The number of carbonyl (C=O) groups is 2. The van der Waals surface area contributed by atoms with Gasteiger partial charge in [0, 0.05) is 13.0 Å². The lowest BCUT2D eigenvalue weighted by Gasteiger charge is -2.06. The molecule has 0 atom stereocenters. The summed E-state index contributed by atoms with van der Waals surface area (Å²) in [4.78, 5) is 23.4. The van der Waals surface area contributed by atoms with E-state index in [0.29, 0.717) is 17.0 Å². The Balaban J connectivity index is 2.66. The Morgan fingerprint density at radius 2 is 1.90 bits per heavy atom. The lowest BCUT2D eigenvalue weighted by molar-refractivity contribution is 0.0978. The third-order valence-corrected chi connectivity index (χ3v) is 3.10. The molecule has 0 N–H and O–H groups in total. The van der Waals surface area contributed by atoms with Crippen molar-refractivity contribution in [3.05, 3.63) is 41.2 Å². The average Bonchev–Trinajstić information content (AvgIpc) is 2.77. The molecule has 1 aromatic carbocycles. The summed E-state index contributed by atoms with van der Waals surface area (Å²) in [6.07, 6.45) is 0. The molecule has 2 rings (SSSR count). The second-order valence-corrected chi connectivity index (χ2v) is 4.53. The van der Waals surface area contributed by atoms with Crippen LogP contribution in [0.5, 0.6) is 5.75 Å². The molecule has 2 aromatic rings. The van der Waals surface area contributed by atoms with Crippen LogP contribution in [0.15, 0.2) is 24.3 Å². The van der Waals surface area contributed by atoms with Gasteiger partial charge in [0.2, 0.25) is 0 Å². The van der Waals surface area contributed by atoms with E-state index in [1.807, 2.05) is 18.2 Å². The van der Waals surface area contributed by atoms with E-state index >= 15 is 0 Å². The third kappa shape index (κ3) is 2.34. The van der Waals surface area contributed by atoms with Crippen LogP contribution in [0, 0.1) is 6.92 Å². The second kappa shape index (κ2) is 5.28. The average molecular weight is 272 g/mol. The largest absolute Gasteiger partial charge is 0.497 e. The number of nitrogens with zero attached hydrogens (tertiary/aromatic N) is 2. The fourth-order valence-electron chi connectivity index (χ4n) is 2.16. The van der Waals surface area contributed by atoms with Crippen LogP contribution in [0.2, 0.25) is 0 Å². The van der Waals surface area contributed by atoms with Crippen molar-refractivity contribution < 1.29 is 14.3 Å². The SMILES string of the molecule is COc1cccc(-n2nc(C(C)=O)c(C(C)=O)c2C)c1. The van der Waals surface area contributed by atoms with Crippen LogP contribution in [0.1, 0.15) is 40.4 Å². The highest BCUT2D eigenvalue weighted by Gasteiger charge is 2.21. The number of ether oxygens (including phenoxy) is 1. The van der Waals surface area contributed by atoms with E-state index in [2.05, 4.69) is 5.10 Å². The Morgan fingerprint density at radius 1 is 1.20 bits per heavy atom. The summed E-state index contributed by atoms with van der Waals surface area (Å²) in [6, 6.07) is 7.29. The maximum atomic E-state index is 11.7. The zero-order chi connectivity index (χ0) is 14.9. The van der Waals surface area contributed by atoms with Crippen molar-refractivity contribution >= 4 is 11.6 Å². The molecule has 0 aliphatic heterocycles. The van der Waals surface area contributed by atoms with Gasteiger partial charge in [-0.3, -0.25) is 9.59 Å². The number of aromatic nitrogens is 2. The molecular weight excluding hydrogens is 256 g/mol. The Hall–Kier alpha value is -2.43. The molecule has 1 heterocycles. The number of hydrogen-bond acceptors (Lipinski definition) is 4. The molecule has 0 unspecified atom stereocenters. The van der Waals surface area contributed by atoms with Gasteiger partial charge >= 0.3 is 0 Å². The molecule has 5 nitrogen and oxygen atoms in total. The fourth-order valence-corrected chi connectivity index (χ4v) is 2.16. The van der Waals surface area contributed by atoms with Gasteiger partial charge in [-0.25, -0.2) is 4.68 Å². The lowest BCUT2D eigenvalue weighted by Crippen LogP contribution is -2.02. The van der Waals surface area contributed by atoms with Gasteiger partial charge in [-0.1, -0.05) is 6.07 Å². The van der Waals surface area contributed by atoms with E-state index in [-0.39, 0.29) is 17.3 Å². The molecule has 104 valence electrons. The van der Waals surface area contributed by atoms with Crippen molar-refractivity contribution in [2.45, 2.75) is 20.8 Å². The van der Waals surface area contributed by atoms with Gasteiger partial charge in [0.15, 0.2) is 11.6 Å². The van der Waals surface area contributed by atoms with Crippen molar-refractivity contribution in [3.63, 3.8) is 0 Å². The molecule has 0 spiro atoms. The molecule has 0 amide bonds. The molecule has 0 saturated carbocycles. The Morgan fingerprint density at radius 3 is 2.40 bits per heavy atom.